The van der Waals surface area contributed by atoms with E-state index in [1.165, 1.54) is 0 Å². The molecule has 4 heteroatoms. The summed E-state index contributed by atoms with van der Waals surface area (Å²) in [4.78, 5) is 11.1. The molecule has 0 aliphatic carbocycles. The molecule has 0 saturated carbocycles. The van der Waals surface area contributed by atoms with Crippen LogP contribution in [0, 0.1) is 13.8 Å². The molecule has 1 aromatic rings. The number of anilines is 1. The maximum absolute atomic E-state index is 11.1. The number of carbonyl (C=O) groups excluding carboxylic acids is 1. The lowest BCUT2D eigenvalue weighted by Crippen LogP contribution is -2.13. The van der Waals surface area contributed by atoms with Crippen LogP contribution in [0.25, 0.3) is 0 Å². The summed E-state index contributed by atoms with van der Waals surface area (Å²) in [5.41, 5.74) is 2.84. The molecule has 1 aromatic carbocycles. The van der Waals surface area contributed by atoms with E-state index in [1.54, 1.807) is 6.07 Å². The van der Waals surface area contributed by atoms with Crippen molar-refractivity contribution in [3.05, 3.63) is 29.3 Å². The van der Waals surface area contributed by atoms with E-state index in [1.807, 2.05) is 26.0 Å². The van der Waals surface area contributed by atoms with Crippen LogP contribution < -0.4 is 5.32 Å². The molecule has 4 nitrogen and oxygen atoms in total. The van der Waals surface area contributed by atoms with Crippen LogP contribution in [0.5, 0.6) is 0 Å². The van der Waals surface area contributed by atoms with E-state index < -0.39 is 5.91 Å². The average molecular weight is 192 g/mol. The maximum Gasteiger partial charge on any atom is 0.270 e. The Morgan fingerprint density at radius 2 is 2.21 bits per heavy atom. The number of aryl methyl sites for hydroxylation is 1. The van der Waals surface area contributed by atoms with Crippen molar-refractivity contribution >= 4 is 17.8 Å². The fourth-order valence-electron chi connectivity index (χ4n) is 1.10. The molecule has 0 aromatic heterocycles. The zero-order valence-corrected chi connectivity index (χ0v) is 8.11. The first kappa shape index (κ1) is 10.2. The number of nitrogens with zero attached hydrogens (tertiary/aromatic N) is 1. The van der Waals surface area contributed by atoms with E-state index in [0.29, 0.717) is 0 Å². The number of amides is 1. The molecule has 74 valence electrons. The van der Waals surface area contributed by atoms with E-state index in [0.717, 1.165) is 23.0 Å². The van der Waals surface area contributed by atoms with Gasteiger partial charge in [0, 0.05) is 5.69 Å². The SMILES string of the molecule is Cc1cccc(NC(=O)C=NO)c1C. The number of hydrogen-bond donors (Lipinski definition) is 2. The monoisotopic (exact) mass is 192 g/mol. The molecule has 1 rings (SSSR count). The molecule has 2 N–H and O–H groups in total. The summed E-state index contributed by atoms with van der Waals surface area (Å²) in [5, 5.41) is 13.4. The predicted molar refractivity (Wildman–Crippen MR) is 54.8 cm³/mol. The van der Waals surface area contributed by atoms with Crippen LogP contribution in [0.4, 0.5) is 5.69 Å². The van der Waals surface area contributed by atoms with Crippen molar-refractivity contribution in [2.75, 3.05) is 5.32 Å². The van der Waals surface area contributed by atoms with Gasteiger partial charge in [-0.3, -0.25) is 4.79 Å². The fraction of sp³-hybridized carbons (Fsp3) is 0.200. The van der Waals surface area contributed by atoms with Gasteiger partial charge in [-0.05, 0) is 31.0 Å². The summed E-state index contributed by atoms with van der Waals surface area (Å²) < 4.78 is 0. The van der Waals surface area contributed by atoms with Crippen LogP contribution in [0.15, 0.2) is 23.4 Å². The summed E-state index contributed by atoms with van der Waals surface area (Å²) in [6.45, 7) is 3.88. The molecule has 0 heterocycles. The van der Waals surface area contributed by atoms with Gasteiger partial charge in [0.2, 0.25) is 0 Å². The van der Waals surface area contributed by atoms with Gasteiger partial charge in [0.25, 0.3) is 5.91 Å². The second-order valence-electron chi connectivity index (χ2n) is 2.98. The van der Waals surface area contributed by atoms with Crippen LogP contribution in [0.1, 0.15) is 11.1 Å². The molecule has 1 amide bonds. The largest absolute Gasteiger partial charge is 0.411 e. The van der Waals surface area contributed by atoms with Gasteiger partial charge in [-0.25, -0.2) is 0 Å². The van der Waals surface area contributed by atoms with Crippen LogP contribution in [-0.4, -0.2) is 17.3 Å². The maximum atomic E-state index is 11.1. The number of benzene rings is 1. The minimum atomic E-state index is -0.443. The Hall–Kier alpha value is -1.84. The van der Waals surface area contributed by atoms with Crippen molar-refractivity contribution in [1.82, 2.24) is 0 Å². The van der Waals surface area contributed by atoms with Gasteiger partial charge >= 0.3 is 0 Å². The third-order valence-electron chi connectivity index (χ3n) is 2.04. The summed E-state index contributed by atoms with van der Waals surface area (Å²) in [7, 11) is 0. The number of oxime groups is 1. The van der Waals surface area contributed by atoms with Crippen molar-refractivity contribution in [2.45, 2.75) is 13.8 Å². The van der Waals surface area contributed by atoms with E-state index >= 15 is 0 Å². The Morgan fingerprint density at radius 1 is 1.50 bits per heavy atom. The third kappa shape index (κ3) is 2.32. The van der Waals surface area contributed by atoms with Gasteiger partial charge < -0.3 is 10.5 Å². The number of rotatable bonds is 2. The van der Waals surface area contributed by atoms with E-state index in [2.05, 4.69) is 10.5 Å². The van der Waals surface area contributed by atoms with Crippen molar-refractivity contribution in [3.8, 4) is 0 Å². The molecule has 0 atom stereocenters. The minimum Gasteiger partial charge on any atom is -0.411 e. The summed E-state index contributed by atoms with van der Waals surface area (Å²) in [5.74, 6) is -0.443. The van der Waals surface area contributed by atoms with E-state index in [-0.39, 0.29) is 0 Å². The second kappa shape index (κ2) is 4.41. The standard InChI is InChI=1S/C10H12N2O2/c1-7-4-3-5-9(8(7)2)12-10(13)6-11-14/h3-6,14H,1-2H3,(H,12,13). The highest BCUT2D eigenvalue weighted by Crippen LogP contribution is 2.17. The predicted octanol–water partition coefficient (Wildman–Crippen LogP) is 1.70. The van der Waals surface area contributed by atoms with Gasteiger partial charge in [-0.15, -0.1) is 0 Å². The van der Waals surface area contributed by atoms with Crippen molar-refractivity contribution in [2.24, 2.45) is 5.16 Å². The normalized spacial score (nSPS) is 10.4. The number of carbonyl (C=O) groups is 1. The van der Waals surface area contributed by atoms with Crippen molar-refractivity contribution in [1.29, 1.82) is 0 Å². The lowest BCUT2D eigenvalue weighted by Gasteiger charge is -2.07. The second-order valence-corrected chi connectivity index (χ2v) is 2.98. The first-order valence-electron chi connectivity index (χ1n) is 4.20. The molecule has 0 unspecified atom stereocenters. The average Bonchev–Trinajstić information content (AvgIpc) is 2.13. The Balaban J connectivity index is 2.87. The van der Waals surface area contributed by atoms with Crippen molar-refractivity contribution < 1.29 is 10.0 Å². The van der Waals surface area contributed by atoms with E-state index in [4.69, 9.17) is 5.21 Å². The lowest BCUT2D eigenvalue weighted by molar-refractivity contribution is -0.110. The molecule has 0 radical (unpaired) electrons. The summed E-state index contributed by atoms with van der Waals surface area (Å²) in [6.07, 6.45) is 0.821. The third-order valence-corrected chi connectivity index (χ3v) is 2.04. The minimum absolute atomic E-state index is 0.443. The van der Waals surface area contributed by atoms with Gasteiger partial charge in [0.1, 0.15) is 6.21 Å². The van der Waals surface area contributed by atoms with Crippen LogP contribution in [0.2, 0.25) is 0 Å². The number of nitrogens with one attached hydrogen (secondary N) is 1. The Bertz CT molecular complexity index is 372. The molecule has 14 heavy (non-hydrogen) atoms. The van der Waals surface area contributed by atoms with Gasteiger partial charge in [-0.2, -0.15) is 0 Å². The molecule has 0 aliphatic heterocycles. The molecule has 0 bridgehead atoms. The number of hydrogen-bond acceptors (Lipinski definition) is 3. The first-order valence-corrected chi connectivity index (χ1v) is 4.20. The summed E-state index contributed by atoms with van der Waals surface area (Å²) >= 11 is 0. The fourth-order valence-corrected chi connectivity index (χ4v) is 1.10. The molecule has 0 spiro atoms. The zero-order valence-electron chi connectivity index (χ0n) is 8.11. The topological polar surface area (TPSA) is 61.7 Å². The molecule has 0 aliphatic rings. The Morgan fingerprint density at radius 3 is 2.86 bits per heavy atom. The summed E-state index contributed by atoms with van der Waals surface area (Å²) in [6, 6.07) is 5.62. The molecule has 0 saturated heterocycles. The molecular weight excluding hydrogens is 180 g/mol. The van der Waals surface area contributed by atoms with Crippen LogP contribution in [0.3, 0.4) is 0 Å². The highest BCUT2D eigenvalue weighted by molar-refractivity contribution is 6.31. The smallest absolute Gasteiger partial charge is 0.270 e. The van der Waals surface area contributed by atoms with E-state index in [9.17, 15) is 4.79 Å². The van der Waals surface area contributed by atoms with Crippen LogP contribution in [-0.2, 0) is 4.79 Å². The zero-order chi connectivity index (χ0) is 10.6. The van der Waals surface area contributed by atoms with Gasteiger partial charge in [0.05, 0.1) is 0 Å². The Labute approximate surface area is 82.2 Å². The van der Waals surface area contributed by atoms with Crippen LogP contribution >= 0.6 is 0 Å². The molecule has 0 fully saturated rings. The van der Waals surface area contributed by atoms with Gasteiger partial charge in [-0.1, -0.05) is 17.3 Å². The highest BCUT2D eigenvalue weighted by Gasteiger charge is 2.03. The Kier molecular flexibility index (Phi) is 3.23. The lowest BCUT2D eigenvalue weighted by atomic mass is 10.1. The highest BCUT2D eigenvalue weighted by atomic mass is 16.4. The first-order chi connectivity index (χ1) is 6.65. The van der Waals surface area contributed by atoms with Crippen molar-refractivity contribution in [3.63, 3.8) is 0 Å². The van der Waals surface area contributed by atoms with Gasteiger partial charge in [0.15, 0.2) is 0 Å². The molecular formula is C10H12N2O2. The quantitative estimate of drug-likeness (QED) is 0.425.